The number of nitrogens with two attached hydrogens (primary N) is 1. The van der Waals surface area contributed by atoms with Crippen LogP contribution >= 0.6 is 0 Å². The quantitative estimate of drug-likeness (QED) is 0.482. The van der Waals surface area contributed by atoms with Gasteiger partial charge in [-0.2, -0.15) is 13.2 Å². The Hall–Kier alpha value is -3.11. The number of amides is 3. The third kappa shape index (κ3) is 4.71. The molecule has 1 saturated heterocycles. The summed E-state index contributed by atoms with van der Waals surface area (Å²) in [5.74, 6) is -2.40. The lowest BCUT2D eigenvalue weighted by molar-refractivity contribution is -0.141. The molecule has 0 aromatic heterocycles. The van der Waals surface area contributed by atoms with Crippen molar-refractivity contribution in [2.45, 2.75) is 31.4 Å². The average Bonchev–Trinajstić information content (AvgIpc) is 2.76. The number of halogens is 4. The fourth-order valence-electron chi connectivity index (χ4n) is 4.27. The molecule has 0 aliphatic carbocycles. The van der Waals surface area contributed by atoms with E-state index in [1.54, 1.807) is 0 Å². The highest BCUT2D eigenvalue weighted by molar-refractivity contribution is 6.44. The Morgan fingerprint density at radius 3 is 2.38 bits per heavy atom. The zero-order chi connectivity index (χ0) is 23.6. The molecule has 7 nitrogen and oxygen atoms in total. The van der Waals surface area contributed by atoms with Crippen LogP contribution in [0.3, 0.4) is 0 Å². The van der Waals surface area contributed by atoms with E-state index in [1.807, 2.05) is 0 Å². The van der Waals surface area contributed by atoms with Gasteiger partial charge in [0.1, 0.15) is 11.5 Å². The van der Waals surface area contributed by atoms with Crippen LogP contribution in [0, 0.1) is 11.2 Å². The molecule has 0 saturated carbocycles. The van der Waals surface area contributed by atoms with E-state index < -0.39 is 29.4 Å². The van der Waals surface area contributed by atoms with Gasteiger partial charge in [0.25, 0.3) is 5.91 Å². The summed E-state index contributed by atoms with van der Waals surface area (Å²) in [4.78, 5) is 27.4. The lowest BCUT2D eigenvalue weighted by Crippen LogP contribution is -2.46. The third-order valence-electron chi connectivity index (χ3n) is 5.95. The van der Waals surface area contributed by atoms with Crippen molar-refractivity contribution in [3.63, 3.8) is 0 Å². The molecule has 4 N–H and O–H groups in total. The zero-order valence-electron chi connectivity index (χ0n) is 17.6. The van der Waals surface area contributed by atoms with Crippen LogP contribution in [0.5, 0.6) is 0 Å². The van der Waals surface area contributed by atoms with E-state index in [4.69, 9.17) is 11.1 Å². The number of alkyl halides is 3. The smallest absolute Gasteiger partial charge is 0.400 e. The normalized spacial score (nSPS) is 18.0. The second-order valence-corrected chi connectivity index (χ2v) is 7.87. The van der Waals surface area contributed by atoms with Gasteiger partial charge in [0.05, 0.1) is 12.1 Å². The molecule has 1 aromatic carbocycles. The van der Waals surface area contributed by atoms with Gasteiger partial charge in [-0.25, -0.2) is 9.18 Å². The number of rotatable bonds is 3. The summed E-state index contributed by atoms with van der Waals surface area (Å²) in [6.07, 6.45) is -4.09. The van der Waals surface area contributed by atoms with Crippen LogP contribution in [0.1, 0.15) is 36.3 Å². The predicted octanol–water partition coefficient (Wildman–Crippen LogP) is 2.83. The molecule has 2 aliphatic heterocycles. The van der Waals surface area contributed by atoms with Crippen molar-refractivity contribution in [2.24, 2.45) is 5.73 Å². The van der Waals surface area contributed by atoms with Crippen molar-refractivity contribution in [1.29, 1.82) is 5.41 Å². The molecule has 0 unspecified atom stereocenters. The molecule has 0 spiro atoms. The van der Waals surface area contributed by atoms with Gasteiger partial charge in [0.2, 0.25) is 0 Å². The van der Waals surface area contributed by atoms with Crippen LogP contribution < -0.4 is 11.1 Å². The van der Waals surface area contributed by atoms with Gasteiger partial charge in [-0.3, -0.25) is 10.2 Å². The Morgan fingerprint density at radius 2 is 1.81 bits per heavy atom. The number of benzene rings is 1. The number of urea groups is 1. The van der Waals surface area contributed by atoms with Crippen molar-refractivity contribution in [3.8, 4) is 0 Å². The van der Waals surface area contributed by atoms with Crippen LogP contribution in [-0.2, 0) is 11.0 Å². The molecule has 11 heteroatoms. The predicted molar refractivity (Wildman–Crippen MR) is 110 cm³/mol. The largest absolute Gasteiger partial charge is 0.419 e. The Morgan fingerprint density at radius 1 is 1.16 bits per heavy atom. The number of hydrogen-bond acceptors (Lipinski definition) is 4. The maximum absolute atomic E-state index is 13.9. The van der Waals surface area contributed by atoms with E-state index in [-0.39, 0.29) is 61.9 Å². The van der Waals surface area contributed by atoms with Crippen molar-refractivity contribution >= 4 is 17.6 Å². The van der Waals surface area contributed by atoms with Gasteiger partial charge >= 0.3 is 12.2 Å². The van der Waals surface area contributed by atoms with E-state index in [9.17, 15) is 27.2 Å². The molecule has 2 heterocycles. The first-order chi connectivity index (χ1) is 15.0. The number of likely N-dealkylation sites (tertiary alicyclic amines) is 1. The number of carbonyl (C=O) groups excluding carboxylic acids is 2. The Balaban J connectivity index is 1.68. The minimum atomic E-state index is -4.80. The fourth-order valence-corrected chi connectivity index (χ4v) is 4.27. The average molecular weight is 455 g/mol. The number of piperidine rings is 1. The van der Waals surface area contributed by atoms with Crippen LogP contribution in [-0.4, -0.2) is 60.7 Å². The van der Waals surface area contributed by atoms with Crippen molar-refractivity contribution in [2.75, 3.05) is 33.2 Å². The summed E-state index contributed by atoms with van der Waals surface area (Å²) in [7, 11) is 1.49. The molecule has 3 rings (SSSR count). The van der Waals surface area contributed by atoms with Crippen molar-refractivity contribution in [3.05, 3.63) is 46.4 Å². The third-order valence-corrected chi connectivity index (χ3v) is 5.95. The van der Waals surface area contributed by atoms with Crippen LogP contribution in [0.4, 0.5) is 22.4 Å². The molecular weight excluding hydrogens is 430 g/mol. The molecule has 3 amide bonds. The molecule has 174 valence electrons. The minimum Gasteiger partial charge on any atom is -0.400 e. The number of carbonyl (C=O) groups is 2. The van der Waals surface area contributed by atoms with E-state index in [0.717, 1.165) is 6.07 Å². The molecule has 0 atom stereocenters. The van der Waals surface area contributed by atoms with Gasteiger partial charge in [-0.1, -0.05) is 12.1 Å². The molecule has 0 bridgehead atoms. The summed E-state index contributed by atoms with van der Waals surface area (Å²) in [6.45, 7) is 0.717. The SMILES string of the molecule is CNC(=O)N1CCC(C(=N)C(=O)N2CCC(c3cccc(F)c3C(F)(F)F)CC2)=C(N)C1. The van der Waals surface area contributed by atoms with Gasteiger partial charge < -0.3 is 20.9 Å². The fraction of sp³-hybridized carbons (Fsp3) is 0.476. The first kappa shape index (κ1) is 23.6. The van der Waals surface area contributed by atoms with Crippen LogP contribution in [0.25, 0.3) is 0 Å². The second kappa shape index (κ2) is 9.17. The summed E-state index contributed by atoms with van der Waals surface area (Å²) >= 11 is 0. The molecule has 1 aromatic rings. The number of nitrogens with zero attached hydrogens (tertiary/aromatic N) is 2. The van der Waals surface area contributed by atoms with E-state index in [0.29, 0.717) is 12.1 Å². The summed E-state index contributed by atoms with van der Waals surface area (Å²) in [5.41, 5.74) is 5.03. The first-order valence-electron chi connectivity index (χ1n) is 10.2. The van der Waals surface area contributed by atoms with Crippen molar-refractivity contribution in [1.82, 2.24) is 15.1 Å². The summed E-state index contributed by atoms with van der Waals surface area (Å²) < 4.78 is 53.9. The lowest BCUT2D eigenvalue weighted by Gasteiger charge is -2.34. The highest BCUT2D eigenvalue weighted by atomic mass is 19.4. The monoisotopic (exact) mass is 455 g/mol. The molecule has 1 fully saturated rings. The van der Waals surface area contributed by atoms with Gasteiger partial charge in [0, 0.05) is 38.0 Å². The van der Waals surface area contributed by atoms with E-state index in [2.05, 4.69) is 5.32 Å². The zero-order valence-corrected chi connectivity index (χ0v) is 17.6. The highest BCUT2D eigenvalue weighted by Crippen LogP contribution is 2.40. The van der Waals surface area contributed by atoms with Crippen molar-refractivity contribution < 1.29 is 27.2 Å². The van der Waals surface area contributed by atoms with Crippen LogP contribution in [0.15, 0.2) is 29.5 Å². The first-order valence-corrected chi connectivity index (χ1v) is 10.2. The molecular formula is C21H25F4N5O2. The lowest BCUT2D eigenvalue weighted by atomic mass is 9.85. The number of nitrogens with one attached hydrogen (secondary N) is 2. The van der Waals surface area contributed by atoms with E-state index >= 15 is 0 Å². The summed E-state index contributed by atoms with van der Waals surface area (Å²) in [5, 5.41) is 10.8. The van der Waals surface area contributed by atoms with Crippen LogP contribution in [0.2, 0.25) is 0 Å². The van der Waals surface area contributed by atoms with Gasteiger partial charge in [-0.15, -0.1) is 0 Å². The van der Waals surface area contributed by atoms with Gasteiger partial charge in [0.15, 0.2) is 0 Å². The summed E-state index contributed by atoms with van der Waals surface area (Å²) in [6, 6.07) is 3.03. The minimum absolute atomic E-state index is 0.104. The van der Waals surface area contributed by atoms with E-state index in [1.165, 1.54) is 29.0 Å². The number of hydrogen-bond donors (Lipinski definition) is 3. The maximum Gasteiger partial charge on any atom is 0.419 e. The van der Waals surface area contributed by atoms with Gasteiger partial charge in [-0.05, 0) is 36.8 Å². The highest BCUT2D eigenvalue weighted by Gasteiger charge is 2.39. The Kier molecular flexibility index (Phi) is 6.75. The molecule has 32 heavy (non-hydrogen) atoms. The second-order valence-electron chi connectivity index (χ2n) is 7.87. The Labute approximate surface area is 182 Å². The standard InChI is InChI=1S/C21H25F4N5O2/c1-28-20(32)30-10-7-14(16(26)11-30)18(27)19(31)29-8-5-12(6-9-29)13-3-2-4-15(22)17(13)21(23,24)25/h2-4,12,27H,5-11,26H2,1H3,(H,28,32). The molecule has 2 aliphatic rings. The molecule has 0 radical (unpaired) electrons. The Bertz CT molecular complexity index is 952. The topological polar surface area (TPSA) is 103 Å². The maximum atomic E-state index is 13.9.